The molecule has 0 aliphatic heterocycles. The van der Waals surface area contributed by atoms with Gasteiger partial charge >= 0.3 is 0 Å². The first-order valence-electron chi connectivity index (χ1n) is 7.53. The van der Waals surface area contributed by atoms with Crippen LogP contribution >= 0.6 is 0 Å². The number of nitrogens with one attached hydrogen (secondary N) is 1. The number of nitrogen functional groups attached to an aromatic ring is 1. The molecule has 0 heterocycles. The third-order valence-corrected chi connectivity index (χ3v) is 3.65. The van der Waals surface area contributed by atoms with Crippen LogP contribution in [0.15, 0.2) is 36.4 Å². The second-order valence-electron chi connectivity index (χ2n) is 5.13. The van der Waals surface area contributed by atoms with Gasteiger partial charge in [0.1, 0.15) is 0 Å². The summed E-state index contributed by atoms with van der Waals surface area (Å²) < 4.78 is 15.9. The number of hydrogen-bond acceptors (Lipinski definition) is 5. The molecule has 2 rings (SSSR count). The summed E-state index contributed by atoms with van der Waals surface area (Å²) in [6.07, 6.45) is 0.875. The lowest BCUT2D eigenvalue weighted by atomic mass is 10.1. The highest BCUT2D eigenvalue weighted by Crippen LogP contribution is 2.42. The maximum absolute atomic E-state index is 12.2. The highest BCUT2D eigenvalue weighted by molar-refractivity contribution is 5.93. The maximum Gasteiger partial charge on any atom is 0.224 e. The number of amides is 1. The predicted molar refractivity (Wildman–Crippen MR) is 93.9 cm³/mol. The van der Waals surface area contributed by atoms with Crippen molar-refractivity contribution in [3.63, 3.8) is 0 Å². The quantitative estimate of drug-likeness (QED) is 0.763. The molecule has 0 saturated heterocycles. The van der Waals surface area contributed by atoms with Crippen molar-refractivity contribution < 1.29 is 19.0 Å². The smallest absolute Gasteiger partial charge is 0.224 e. The van der Waals surface area contributed by atoms with E-state index < -0.39 is 0 Å². The van der Waals surface area contributed by atoms with Gasteiger partial charge in [0.2, 0.25) is 11.7 Å². The van der Waals surface area contributed by atoms with Crippen molar-refractivity contribution in [2.24, 2.45) is 0 Å². The summed E-state index contributed by atoms with van der Waals surface area (Å²) in [6, 6.07) is 10.9. The van der Waals surface area contributed by atoms with Crippen LogP contribution in [-0.2, 0) is 11.2 Å². The van der Waals surface area contributed by atoms with Crippen molar-refractivity contribution in [2.75, 3.05) is 32.4 Å². The van der Waals surface area contributed by atoms with E-state index in [1.54, 1.807) is 19.2 Å². The molecule has 0 unspecified atom stereocenters. The number of nitrogens with two attached hydrogens (primary N) is 1. The number of para-hydroxylation sites is 1. The molecule has 0 fully saturated rings. The Morgan fingerprint density at radius 1 is 1.00 bits per heavy atom. The molecular weight excluding hydrogens is 308 g/mol. The summed E-state index contributed by atoms with van der Waals surface area (Å²) in [4.78, 5) is 12.2. The Labute approximate surface area is 141 Å². The van der Waals surface area contributed by atoms with Gasteiger partial charge in [-0.3, -0.25) is 4.79 Å². The standard InChI is InChI=1S/C18H22N2O4/c1-22-15-10-9-14(17(23-2)18(15)24-3)20-16(21)11-8-12-6-4-5-7-13(12)19/h4-7,9-10H,8,11,19H2,1-3H3,(H,20,21). The highest BCUT2D eigenvalue weighted by Gasteiger charge is 2.17. The molecule has 0 bridgehead atoms. The molecule has 0 aliphatic rings. The lowest BCUT2D eigenvalue weighted by Crippen LogP contribution is -2.14. The third-order valence-electron chi connectivity index (χ3n) is 3.65. The lowest BCUT2D eigenvalue weighted by Gasteiger charge is -2.16. The number of anilines is 2. The topological polar surface area (TPSA) is 82.8 Å². The van der Waals surface area contributed by atoms with Gasteiger partial charge in [-0.25, -0.2) is 0 Å². The minimum atomic E-state index is -0.135. The van der Waals surface area contributed by atoms with E-state index in [1.165, 1.54) is 14.2 Å². The summed E-state index contributed by atoms with van der Waals surface area (Å²) >= 11 is 0. The fourth-order valence-corrected chi connectivity index (χ4v) is 2.42. The van der Waals surface area contributed by atoms with Crippen molar-refractivity contribution in [3.05, 3.63) is 42.0 Å². The monoisotopic (exact) mass is 330 g/mol. The Morgan fingerprint density at radius 3 is 2.33 bits per heavy atom. The fourth-order valence-electron chi connectivity index (χ4n) is 2.42. The Kier molecular flexibility index (Phi) is 5.89. The van der Waals surface area contributed by atoms with Gasteiger partial charge in [0, 0.05) is 12.1 Å². The third kappa shape index (κ3) is 3.90. The molecule has 0 spiro atoms. The minimum Gasteiger partial charge on any atom is -0.493 e. The van der Waals surface area contributed by atoms with E-state index in [1.807, 2.05) is 24.3 Å². The zero-order chi connectivity index (χ0) is 17.5. The highest BCUT2D eigenvalue weighted by atomic mass is 16.5. The van der Waals surface area contributed by atoms with Crippen LogP contribution in [0, 0.1) is 0 Å². The van der Waals surface area contributed by atoms with Crippen LogP contribution in [0.4, 0.5) is 11.4 Å². The predicted octanol–water partition coefficient (Wildman–Crippen LogP) is 2.87. The summed E-state index contributed by atoms with van der Waals surface area (Å²) in [5.41, 5.74) is 8.06. The molecule has 128 valence electrons. The molecule has 2 aromatic rings. The Bertz CT molecular complexity index is 716. The number of aryl methyl sites for hydroxylation is 1. The van der Waals surface area contributed by atoms with E-state index in [-0.39, 0.29) is 5.91 Å². The van der Waals surface area contributed by atoms with Gasteiger partial charge < -0.3 is 25.3 Å². The minimum absolute atomic E-state index is 0.135. The molecule has 1 amide bonds. The van der Waals surface area contributed by atoms with E-state index in [4.69, 9.17) is 19.9 Å². The van der Waals surface area contributed by atoms with Gasteiger partial charge in [-0.05, 0) is 30.2 Å². The number of carbonyl (C=O) groups excluding carboxylic acids is 1. The fraction of sp³-hybridized carbons (Fsp3) is 0.278. The molecule has 6 nitrogen and oxygen atoms in total. The van der Waals surface area contributed by atoms with Gasteiger partial charge in [-0.15, -0.1) is 0 Å². The van der Waals surface area contributed by atoms with Crippen LogP contribution in [-0.4, -0.2) is 27.2 Å². The SMILES string of the molecule is COc1ccc(NC(=O)CCc2ccccc2N)c(OC)c1OC. The number of benzene rings is 2. The molecule has 3 N–H and O–H groups in total. The van der Waals surface area contributed by atoms with E-state index in [0.717, 1.165) is 5.56 Å². The van der Waals surface area contributed by atoms with Crippen LogP contribution in [0.25, 0.3) is 0 Å². The number of rotatable bonds is 7. The molecular formula is C18H22N2O4. The van der Waals surface area contributed by atoms with E-state index in [0.29, 0.717) is 41.5 Å². The zero-order valence-corrected chi connectivity index (χ0v) is 14.1. The number of ether oxygens (including phenoxy) is 3. The molecule has 24 heavy (non-hydrogen) atoms. The summed E-state index contributed by atoms with van der Waals surface area (Å²) in [5.74, 6) is 1.25. The van der Waals surface area contributed by atoms with Gasteiger partial charge in [0.05, 0.1) is 27.0 Å². The lowest BCUT2D eigenvalue weighted by molar-refractivity contribution is -0.116. The largest absolute Gasteiger partial charge is 0.493 e. The average molecular weight is 330 g/mol. The van der Waals surface area contributed by atoms with Crippen molar-refractivity contribution in [2.45, 2.75) is 12.8 Å². The Hall–Kier alpha value is -2.89. The van der Waals surface area contributed by atoms with Crippen molar-refractivity contribution in [1.82, 2.24) is 0 Å². The summed E-state index contributed by atoms with van der Waals surface area (Å²) in [6.45, 7) is 0. The van der Waals surface area contributed by atoms with Crippen LogP contribution in [0.2, 0.25) is 0 Å². The molecule has 0 saturated carbocycles. The molecule has 0 atom stereocenters. The van der Waals surface area contributed by atoms with E-state index in [9.17, 15) is 4.79 Å². The summed E-state index contributed by atoms with van der Waals surface area (Å²) in [5, 5.41) is 2.84. The van der Waals surface area contributed by atoms with Crippen LogP contribution < -0.4 is 25.3 Å². The van der Waals surface area contributed by atoms with Crippen LogP contribution in [0.3, 0.4) is 0 Å². The van der Waals surface area contributed by atoms with E-state index >= 15 is 0 Å². The van der Waals surface area contributed by atoms with Crippen molar-refractivity contribution >= 4 is 17.3 Å². The Balaban J connectivity index is 2.10. The van der Waals surface area contributed by atoms with E-state index in [2.05, 4.69) is 5.32 Å². The number of methoxy groups -OCH3 is 3. The second kappa shape index (κ2) is 8.10. The first kappa shape index (κ1) is 17.5. The first-order valence-corrected chi connectivity index (χ1v) is 7.53. The van der Waals surface area contributed by atoms with Gasteiger partial charge in [0.25, 0.3) is 0 Å². The van der Waals surface area contributed by atoms with Gasteiger partial charge in [0.15, 0.2) is 11.5 Å². The first-order chi connectivity index (χ1) is 11.6. The maximum atomic E-state index is 12.2. The zero-order valence-electron chi connectivity index (χ0n) is 14.1. The van der Waals surface area contributed by atoms with Crippen molar-refractivity contribution in [3.8, 4) is 17.2 Å². The average Bonchev–Trinajstić information content (AvgIpc) is 2.60. The van der Waals surface area contributed by atoms with Gasteiger partial charge in [-0.2, -0.15) is 0 Å². The Morgan fingerprint density at radius 2 is 1.71 bits per heavy atom. The van der Waals surface area contributed by atoms with Crippen molar-refractivity contribution in [1.29, 1.82) is 0 Å². The summed E-state index contributed by atoms with van der Waals surface area (Å²) in [7, 11) is 4.57. The van der Waals surface area contributed by atoms with Gasteiger partial charge in [-0.1, -0.05) is 18.2 Å². The molecule has 0 aliphatic carbocycles. The molecule has 0 aromatic heterocycles. The number of hydrogen-bond donors (Lipinski definition) is 2. The van der Waals surface area contributed by atoms with Crippen LogP contribution in [0.5, 0.6) is 17.2 Å². The molecule has 2 aromatic carbocycles. The molecule has 6 heteroatoms. The van der Waals surface area contributed by atoms with Crippen LogP contribution in [0.1, 0.15) is 12.0 Å². The number of carbonyl (C=O) groups is 1. The normalized spacial score (nSPS) is 10.1. The molecule has 0 radical (unpaired) electrons. The second-order valence-corrected chi connectivity index (χ2v) is 5.13.